The zero-order valence-corrected chi connectivity index (χ0v) is 94.4. The van der Waals surface area contributed by atoms with Crippen LogP contribution in [0, 0.1) is 57.3 Å². The zero-order valence-electron chi connectivity index (χ0n) is 93.6. The molecule has 0 bridgehead atoms. The number of piperidine rings is 1. The van der Waals surface area contributed by atoms with Crippen molar-refractivity contribution in [1.82, 2.24) is 59.5 Å². The summed E-state index contributed by atoms with van der Waals surface area (Å²) < 4.78 is 66.7. The van der Waals surface area contributed by atoms with Crippen LogP contribution in [0.2, 0.25) is 0 Å². The molecule has 13 aromatic rings. The number of nitrogens with one attached hydrogen (secondary N) is 1. The number of rotatable bonds is 26. The molecule has 24 nitrogen and oxygen atoms in total. The van der Waals surface area contributed by atoms with Crippen molar-refractivity contribution in [3.05, 3.63) is 310 Å². The monoisotopic (exact) mass is 2050 g/mol. The number of allylic oxidation sites excluding steroid dienone is 1. The van der Waals surface area contributed by atoms with Gasteiger partial charge in [-0.25, -0.2) is 4.98 Å². The molecule has 0 spiro atoms. The first-order valence-corrected chi connectivity index (χ1v) is 54.7. The number of likely N-dealkylation sites (tertiary alicyclic amines) is 1. The minimum absolute atomic E-state index is 0.191. The van der Waals surface area contributed by atoms with Gasteiger partial charge in [-0.2, -0.15) is 9.47 Å². The van der Waals surface area contributed by atoms with Crippen molar-refractivity contribution in [3.63, 3.8) is 0 Å². The molecule has 1 amide bonds. The Kier molecular flexibility index (Phi) is 51.6. The van der Waals surface area contributed by atoms with Gasteiger partial charge < -0.3 is 61.7 Å². The Morgan fingerprint density at radius 3 is 1.31 bits per heavy atom. The third-order valence-electron chi connectivity index (χ3n) is 26.4. The van der Waals surface area contributed by atoms with Gasteiger partial charge in [0.25, 0.3) is 11.8 Å². The number of pyridine rings is 2. The highest BCUT2D eigenvalue weighted by Gasteiger charge is 2.30. The highest BCUT2D eigenvalue weighted by Crippen LogP contribution is 2.39. The quantitative estimate of drug-likeness (QED) is 0.0529. The maximum Gasteiger partial charge on any atom is 0.259 e. The number of aromatic amines is 1. The van der Waals surface area contributed by atoms with Crippen molar-refractivity contribution in [2.24, 2.45) is 36.6 Å². The fourth-order valence-electron chi connectivity index (χ4n) is 16.7. The summed E-state index contributed by atoms with van der Waals surface area (Å²) in [5.74, 6) is 17.1. The number of carbonyl (C=O) groups is 1. The third kappa shape index (κ3) is 43.1. The second-order valence-electron chi connectivity index (χ2n) is 41.1. The van der Waals surface area contributed by atoms with Gasteiger partial charge in [0.05, 0.1) is 39.6 Å². The number of aryl methyl sites for hydroxylation is 5. The van der Waals surface area contributed by atoms with E-state index in [1.165, 1.54) is 82.7 Å². The molecule has 7 aromatic heterocycles. The zero-order chi connectivity index (χ0) is 108. The molecule has 11 heterocycles. The highest BCUT2D eigenvalue weighted by atomic mass is 32.1. The summed E-state index contributed by atoms with van der Waals surface area (Å²) in [5, 5.41) is 22.5. The van der Waals surface area contributed by atoms with Crippen LogP contribution in [0.4, 0.5) is 0 Å². The van der Waals surface area contributed by atoms with Crippen LogP contribution in [0.15, 0.2) is 248 Å². The molecule has 6 aromatic carbocycles. The SMILES string of the molecule is C=C(C1CCC(C(C)C)CC1)N1CCOCC1.CC.CC(C)[C@@H]1CCCN(C(=O)c2ccccc2)C1.CC(C)c1cc(OC2CCOCC2)ccn1.CC(C)c1ccc(Oc2cccnn2)cc1.CC(C)c1ccnc(OC2CCOCC2)c1.Cc1cc(Oc2ccc(C(C)C)cc2)n[nH]1.Cc1cc(Oc2ccc(C(C)C)cc2)nn1C.Cc1cc(Oc2ccc(C(C)C)cc2)no1.Cc1cc(Oc2ccc(C(C)C)cc2)ns1. The van der Waals surface area contributed by atoms with Gasteiger partial charge in [-0.15, -0.1) is 15.3 Å². The predicted octanol–water partition coefficient (Wildman–Crippen LogP) is 32.0. The largest absolute Gasteiger partial charge is 0.490 e. The number of aromatic nitrogens is 10. The van der Waals surface area contributed by atoms with Crippen LogP contribution < -0.4 is 33.2 Å². The average Bonchev–Trinajstić information content (AvgIpc) is 1.12. The fraction of sp³-hybridized carbons (Fsp3) is 0.476. The minimum Gasteiger partial charge on any atom is -0.490 e. The van der Waals surface area contributed by atoms with E-state index in [0.29, 0.717) is 88.8 Å². The Labute approximate surface area is 894 Å². The van der Waals surface area contributed by atoms with Crippen LogP contribution in [0.25, 0.3) is 0 Å². The maximum atomic E-state index is 12.3. The lowest BCUT2D eigenvalue weighted by Crippen LogP contribution is -2.41. The number of morpholine rings is 1. The van der Waals surface area contributed by atoms with E-state index in [-0.39, 0.29) is 12.0 Å². The summed E-state index contributed by atoms with van der Waals surface area (Å²) in [4.78, 5) is 26.5. The number of hydrogen-bond donors (Lipinski definition) is 1. The number of hydrogen-bond acceptors (Lipinski definition) is 22. The van der Waals surface area contributed by atoms with E-state index in [1.807, 2.05) is 199 Å². The van der Waals surface area contributed by atoms with Crippen molar-refractivity contribution in [2.75, 3.05) is 65.8 Å². The lowest BCUT2D eigenvalue weighted by molar-refractivity contribution is 0.0236. The third-order valence-corrected chi connectivity index (χ3v) is 27.1. The molecule has 804 valence electrons. The maximum absolute atomic E-state index is 12.3. The molecular weight excluding hydrogens is 1880 g/mol. The Morgan fingerprint density at radius 1 is 0.409 bits per heavy atom. The van der Waals surface area contributed by atoms with E-state index in [1.54, 1.807) is 29.1 Å². The second kappa shape index (κ2) is 64.1. The van der Waals surface area contributed by atoms with Crippen molar-refractivity contribution in [3.8, 4) is 69.8 Å². The van der Waals surface area contributed by atoms with Gasteiger partial charge in [0.1, 0.15) is 52.5 Å². The van der Waals surface area contributed by atoms with Gasteiger partial charge in [0.2, 0.25) is 29.4 Å². The molecule has 0 radical (unpaired) electrons. The van der Waals surface area contributed by atoms with Crippen molar-refractivity contribution in [2.45, 2.75) is 284 Å². The van der Waals surface area contributed by atoms with E-state index in [2.05, 4.69) is 242 Å². The van der Waals surface area contributed by atoms with Gasteiger partial charge in [-0.3, -0.25) is 19.6 Å². The molecule has 1 aliphatic carbocycles. The normalized spacial score (nSPS) is 15.5. The van der Waals surface area contributed by atoms with Gasteiger partial charge in [0, 0.05) is 153 Å². The number of benzene rings is 6. The summed E-state index contributed by atoms with van der Waals surface area (Å²) >= 11 is 1.46. The first kappa shape index (κ1) is 120. The molecule has 4 saturated heterocycles. The van der Waals surface area contributed by atoms with E-state index >= 15 is 0 Å². The van der Waals surface area contributed by atoms with Gasteiger partial charge in [0.15, 0.2) is 0 Å². The molecule has 25 heteroatoms. The number of amides is 1. The number of ether oxygens (including phenoxy) is 10. The number of nitrogens with zero attached hydrogens (tertiary/aromatic N) is 11. The molecule has 1 N–H and O–H groups in total. The Bertz CT molecular complexity index is 5560. The lowest BCUT2D eigenvalue weighted by atomic mass is 9.76. The van der Waals surface area contributed by atoms with Crippen molar-refractivity contribution < 1.29 is 56.7 Å². The number of carbonyl (C=O) groups excluding carboxylic acids is 1. The Balaban J connectivity index is 0.000000186. The second-order valence-corrected chi connectivity index (χ2v) is 42.1. The summed E-state index contributed by atoms with van der Waals surface area (Å²) in [7, 11) is 1.91. The fourth-order valence-corrected chi connectivity index (χ4v) is 17.2. The molecule has 18 rings (SSSR count). The van der Waals surface area contributed by atoms with Crippen LogP contribution in [0.3, 0.4) is 0 Å². The molecule has 0 unspecified atom stereocenters. The van der Waals surface area contributed by atoms with Crippen molar-refractivity contribution in [1.29, 1.82) is 0 Å². The predicted molar refractivity (Wildman–Crippen MR) is 603 cm³/mol. The summed E-state index contributed by atoms with van der Waals surface area (Å²) in [6.45, 7) is 64.6. The molecule has 5 aliphatic rings. The van der Waals surface area contributed by atoms with Crippen LogP contribution >= 0.6 is 11.5 Å². The van der Waals surface area contributed by atoms with E-state index in [9.17, 15) is 4.79 Å². The highest BCUT2D eigenvalue weighted by molar-refractivity contribution is 7.05. The van der Waals surface area contributed by atoms with Crippen LogP contribution in [0.5, 0.6) is 69.8 Å². The van der Waals surface area contributed by atoms with Gasteiger partial charge >= 0.3 is 0 Å². The van der Waals surface area contributed by atoms with Crippen LogP contribution in [-0.2, 0) is 21.3 Å². The Hall–Kier alpha value is -12.6. The summed E-state index contributed by atoms with van der Waals surface area (Å²) in [5.41, 5.74) is 13.2. The summed E-state index contributed by atoms with van der Waals surface area (Å²) in [6.07, 6.45) is 17.6. The summed E-state index contributed by atoms with van der Waals surface area (Å²) in [6, 6.07) is 69.2. The number of H-pyrrole nitrogens is 1. The smallest absolute Gasteiger partial charge is 0.259 e. The molecule has 1 atom stereocenters. The van der Waals surface area contributed by atoms with Crippen molar-refractivity contribution >= 4 is 17.4 Å². The average molecular weight is 2050 g/mol. The standard InChI is InChI=1S/C15H27NO.C15H21NO.C14H18N2O.C13H16N2O.C13H14N2O.C13H15NO2.2C13H19NO2.C13H15NOS.C2H6/c1-12(2)14-4-6-15(7-5-14)13(3)16-8-10-17-11-9-16;1-12(2)14-9-6-10-16(11-14)15(17)13-7-4-3-5-8-13;1-10(2)12-5-7-13(8-6-12)17-14-9-11(3)16(4)15-14;1-9(2)11-4-6-12(7-5-11)16-13-8-10(3)14-15-13;1-10(2)11-5-7-12(8-6-11)16-13-4-3-9-14-15-13;1-9(2)11-4-6-12(7-5-11)15-13-8-10(3)16-14-13;1-10(2)13-9-12(3-6-14-13)16-11-4-7-15-8-5-11;1-10(2)11-3-6-14-13(9-11)16-12-4-7-15-8-5-12;1-9(2)11-4-6-12(7-5-11)15-13-8-10(3)16-14-13;1-2/h12,14-15H,3-11H2,1-2H3;3-5,7-8,12,14H,6,9-11H2,1-2H3;5-10H,1-4H3;4-9H,1-3H3,(H,14,15);3-10H,1-2H3;4-9H,1-3H3;3,6,9-11H,4-5,7-8H2,1-2H3;3,6,9-10,12H,4-5,7-8H2,1-2H3;4-9H,1-3H3;1-2H3/t;14-;;;;;;;;/m.1......../s1. The van der Waals surface area contributed by atoms with E-state index in [4.69, 9.17) is 51.9 Å². The molecule has 149 heavy (non-hydrogen) atoms. The first-order valence-electron chi connectivity index (χ1n) is 54.0. The van der Waals surface area contributed by atoms with Gasteiger partial charge in [-0.1, -0.05) is 224 Å². The molecule has 4 aliphatic heterocycles. The van der Waals surface area contributed by atoms with E-state index < -0.39 is 0 Å². The molecular formula is C124H170N12O12S. The van der Waals surface area contributed by atoms with Crippen LogP contribution in [-0.4, -0.2) is 143 Å². The van der Waals surface area contributed by atoms with Crippen LogP contribution in [0.1, 0.15) is 316 Å². The molecule has 5 fully saturated rings. The topological polar surface area (TPSA) is 253 Å². The Morgan fingerprint density at radius 2 is 0.879 bits per heavy atom. The minimum atomic E-state index is 0.191. The van der Waals surface area contributed by atoms with E-state index in [0.717, 1.165) is 189 Å². The first-order chi connectivity index (χ1) is 71.6. The lowest BCUT2D eigenvalue weighted by Gasteiger charge is -2.38. The van der Waals surface area contributed by atoms with Gasteiger partial charge in [-0.05, 0) is 278 Å². The molecule has 1 saturated carbocycles.